The number of rotatable bonds is 7. The molecule has 6 heteroatoms. The van der Waals surface area contributed by atoms with Gasteiger partial charge in [-0.05, 0) is 25.3 Å². The zero-order chi connectivity index (χ0) is 17.4. The Balaban J connectivity index is 2.73. The number of aliphatic hydroxyl groups is 1. The van der Waals surface area contributed by atoms with Crippen LogP contribution < -0.4 is 0 Å². The largest absolute Gasteiger partial charge is 0.461 e. The third-order valence-electron chi connectivity index (χ3n) is 3.81. The SMILES string of the molecule is C#CC=CCC(Br)C(CC1OC(CC)C(Br)CC1O)OC(C)=O. The van der Waals surface area contributed by atoms with Crippen molar-refractivity contribution < 1.29 is 19.4 Å². The summed E-state index contributed by atoms with van der Waals surface area (Å²) in [5.74, 6) is 2.08. The summed E-state index contributed by atoms with van der Waals surface area (Å²) in [6.07, 6.45) is 9.93. The van der Waals surface area contributed by atoms with Crippen LogP contribution in [0, 0.1) is 12.3 Å². The van der Waals surface area contributed by atoms with E-state index < -0.39 is 6.10 Å². The van der Waals surface area contributed by atoms with E-state index in [9.17, 15) is 9.90 Å². The Labute approximate surface area is 155 Å². The van der Waals surface area contributed by atoms with Crippen molar-refractivity contribution in [3.05, 3.63) is 12.2 Å². The van der Waals surface area contributed by atoms with Crippen molar-refractivity contribution in [2.45, 2.75) is 73.6 Å². The van der Waals surface area contributed by atoms with Crippen LogP contribution in [0.25, 0.3) is 0 Å². The van der Waals surface area contributed by atoms with Gasteiger partial charge in [-0.1, -0.05) is 50.8 Å². The van der Waals surface area contributed by atoms with Gasteiger partial charge in [-0.25, -0.2) is 0 Å². The number of hydrogen-bond acceptors (Lipinski definition) is 4. The van der Waals surface area contributed by atoms with E-state index in [2.05, 4.69) is 44.7 Å². The van der Waals surface area contributed by atoms with Crippen molar-refractivity contribution in [3.63, 3.8) is 0 Å². The first-order chi connectivity index (χ1) is 10.9. The molecule has 1 N–H and O–H groups in total. The van der Waals surface area contributed by atoms with Crippen LogP contribution in [-0.2, 0) is 14.3 Å². The maximum atomic E-state index is 11.4. The van der Waals surface area contributed by atoms with Gasteiger partial charge < -0.3 is 14.6 Å². The summed E-state index contributed by atoms with van der Waals surface area (Å²) in [6.45, 7) is 3.43. The van der Waals surface area contributed by atoms with E-state index in [4.69, 9.17) is 15.9 Å². The normalized spacial score (nSPS) is 30.6. The van der Waals surface area contributed by atoms with Crippen LogP contribution in [0.4, 0.5) is 0 Å². The van der Waals surface area contributed by atoms with Crippen molar-refractivity contribution in [3.8, 4) is 12.3 Å². The maximum absolute atomic E-state index is 11.4. The number of hydrogen-bond donors (Lipinski definition) is 1. The van der Waals surface area contributed by atoms with Crippen molar-refractivity contribution in [2.75, 3.05) is 0 Å². The van der Waals surface area contributed by atoms with E-state index in [0.29, 0.717) is 19.3 Å². The van der Waals surface area contributed by atoms with Crippen molar-refractivity contribution >= 4 is 37.8 Å². The maximum Gasteiger partial charge on any atom is 0.302 e. The Bertz CT molecular complexity index is 446. The number of alkyl halides is 2. The van der Waals surface area contributed by atoms with E-state index in [0.717, 1.165) is 6.42 Å². The predicted octanol–water partition coefficient (Wildman–Crippen LogP) is 3.34. The highest BCUT2D eigenvalue weighted by Gasteiger charge is 2.37. The second kappa shape index (κ2) is 10.5. The van der Waals surface area contributed by atoms with E-state index in [1.807, 2.05) is 6.08 Å². The number of esters is 1. The minimum atomic E-state index is -0.582. The highest BCUT2D eigenvalue weighted by atomic mass is 79.9. The molecule has 0 aromatic heterocycles. The average Bonchev–Trinajstić information content (AvgIpc) is 2.48. The molecule has 0 aromatic rings. The van der Waals surface area contributed by atoms with Gasteiger partial charge >= 0.3 is 5.97 Å². The molecule has 0 spiro atoms. The third kappa shape index (κ3) is 6.96. The second-order valence-electron chi connectivity index (χ2n) is 5.64. The van der Waals surface area contributed by atoms with Gasteiger partial charge in [0.05, 0.1) is 23.1 Å². The first-order valence-corrected chi connectivity index (χ1v) is 9.62. The van der Waals surface area contributed by atoms with E-state index in [1.165, 1.54) is 6.92 Å². The van der Waals surface area contributed by atoms with E-state index >= 15 is 0 Å². The third-order valence-corrected chi connectivity index (χ3v) is 5.74. The lowest BCUT2D eigenvalue weighted by molar-refractivity contribution is -0.155. The number of carbonyl (C=O) groups excluding carboxylic acids is 1. The molecule has 4 nitrogen and oxygen atoms in total. The van der Waals surface area contributed by atoms with Crippen LogP contribution in [0.3, 0.4) is 0 Å². The van der Waals surface area contributed by atoms with Crippen molar-refractivity contribution in [2.24, 2.45) is 0 Å². The van der Waals surface area contributed by atoms with Gasteiger partial charge in [-0.2, -0.15) is 0 Å². The quantitative estimate of drug-likeness (QED) is 0.366. The van der Waals surface area contributed by atoms with Crippen LogP contribution >= 0.6 is 31.9 Å². The zero-order valence-electron chi connectivity index (χ0n) is 13.5. The molecule has 0 saturated carbocycles. The standard InChI is InChI=1S/C17H24Br2O4/c1-4-6-7-8-12(18)16(22-11(3)20)10-17-14(21)9-13(19)15(5-2)23-17/h1,6-7,12-17,21H,5,8-10H2,2-3H3. The van der Waals surface area contributed by atoms with Gasteiger partial charge in [0.1, 0.15) is 6.10 Å². The lowest BCUT2D eigenvalue weighted by Gasteiger charge is -2.38. The number of halogens is 2. The Morgan fingerprint density at radius 2 is 2.26 bits per heavy atom. The van der Waals surface area contributed by atoms with Crippen LogP contribution in [0.15, 0.2) is 12.2 Å². The van der Waals surface area contributed by atoms with Crippen LogP contribution in [-0.4, -0.2) is 45.1 Å². The lowest BCUT2D eigenvalue weighted by Crippen LogP contribution is -2.47. The summed E-state index contributed by atoms with van der Waals surface area (Å²) >= 11 is 7.10. The monoisotopic (exact) mass is 450 g/mol. The van der Waals surface area contributed by atoms with E-state index in [-0.39, 0.29) is 33.9 Å². The molecule has 23 heavy (non-hydrogen) atoms. The van der Waals surface area contributed by atoms with Gasteiger partial charge in [-0.15, -0.1) is 6.42 Å². The summed E-state index contributed by atoms with van der Waals surface area (Å²) in [5, 5.41) is 10.3. The number of allylic oxidation sites excluding steroid dienone is 2. The van der Waals surface area contributed by atoms with Gasteiger partial charge in [0.25, 0.3) is 0 Å². The molecule has 1 fully saturated rings. The second-order valence-corrected chi connectivity index (χ2v) is 8.00. The first kappa shape index (κ1) is 20.7. The summed E-state index contributed by atoms with van der Waals surface area (Å²) in [5.41, 5.74) is 0. The van der Waals surface area contributed by atoms with Gasteiger partial charge in [0.15, 0.2) is 0 Å². The smallest absolute Gasteiger partial charge is 0.302 e. The summed E-state index contributed by atoms with van der Waals surface area (Å²) in [4.78, 5) is 11.4. The van der Waals surface area contributed by atoms with E-state index in [1.54, 1.807) is 6.08 Å². The molecule has 1 aliphatic rings. The molecular formula is C17H24Br2O4. The Hall–Kier alpha value is -0.350. The number of aliphatic hydroxyl groups excluding tert-OH is 1. The first-order valence-electron chi connectivity index (χ1n) is 7.79. The molecule has 6 atom stereocenters. The molecule has 0 aliphatic carbocycles. The lowest BCUT2D eigenvalue weighted by atomic mass is 9.94. The fourth-order valence-electron chi connectivity index (χ4n) is 2.63. The van der Waals surface area contributed by atoms with Crippen molar-refractivity contribution in [1.29, 1.82) is 0 Å². The van der Waals surface area contributed by atoms with Gasteiger partial charge in [-0.3, -0.25) is 4.79 Å². The molecule has 1 saturated heterocycles. The fourth-order valence-corrected chi connectivity index (χ4v) is 4.05. The highest BCUT2D eigenvalue weighted by Crippen LogP contribution is 2.31. The number of carbonyl (C=O) groups is 1. The van der Waals surface area contributed by atoms with Crippen LogP contribution in [0.1, 0.15) is 39.5 Å². The molecular weight excluding hydrogens is 428 g/mol. The highest BCUT2D eigenvalue weighted by molar-refractivity contribution is 9.09. The summed E-state index contributed by atoms with van der Waals surface area (Å²) in [6, 6.07) is 0. The Morgan fingerprint density at radius 3 is 2.83 bits per heavy atom. The zero-order valence-corrected chi connectivity index (χ0v) is 16.6. The number of ether oxygens (including phenoxy) is 2. The number of terminal acetylenes is 1. The molecule has 0 aromatic carbocycles. The predicted molar refractivity (Wildman–Crippen MR) is 97.8 cm³/mol. The minimum Gasteiger partial charge on any atom is -0.461 e. The van der Waals surface area contributed by atoms with Gasteiger partial charge in [0.2, 0.25) is 0 Å². The fraction of sp³-hybridized carbons (Fsp3) is 0.706. The average molecular weight is 452 g/mol. The van der Waals surface area contributed by atoms with Crippen LogP contribution in [0.2, 0.25) is 0 Å². The molecule has 130 valence electrons. The molecule has 1 rings (SSSR count). The molecule has 1 heterocycles. The minimum absolute atomic E-state index is 0.0523. The molecule has 0 amide bonds. The Kier molecular flexibility index (Phi) is 9.45. The molecule has 6 unspecified atom stereocenters. The Morgan fingerprint density at radius 1 is 1.57 bits per heavy atom. The summed E-state index contributed by atoms with van der Waals surface area (Å²) in [7, 11) is 0. The topological polar surface area (TPSA) is 55.8 Å². The summed E-state index contributed by atoms with van der Waals surface area (Å²) < 4.78 is 11.4. The van der Waals surface area contributed by atoms with Crippen molar-refractivity contribution in [1.82, 2.24) is 0 Å². The molecule has 0 bridgehead atoms. The van der Waals surface area contributed by atoms with Crippen LogP contribution in [0.5, 0.6) is 0 Å². The molecule has 1 aliphatic heterocycles. The van der Waals surface area contributed by atoms with Gasteiger partial charge in [0, 0.05) is 18.2 Å². The molecule has 0 radical (unpaired) electrons.